The van der Waals surface area contributed by atoms with Crippen LogP contribution >= 0.6 is 15.9 Å². The maximum Gasteiger partial charge on any atom is 0.0430 e. The lowest BCUT2D eigenvalue weighted by Gasteiger charge is -2.36. The maximum absolute atomic E-state index is 6.08. The summed E-state index contributed by atoms with van der Waals surface area (Å²) in [7, 11) is 0. The van der Waals surface area contributed by atoms with Crippen LogP contribution < -0.4 is 10.6 Å². The topological polar surface area (TPSA) is 29.3 Å². The maximum atomic E-state index is 6.08. The zero-order valence-electron chi connectivity index (χ0n) is 10.8. The van der Waals surface area contributed by atoms with Crippen molar-refractivity contribution >= 4 is 21.6 Å². The third-order valence-electron chi connectivity index (χ3n) is 3.67. The average molecular weight is 297 g/mol. The van der Waals surface area contributed by atoms with E-state index in [9.17, 15) is 0 Å². The molecule has 3 heteroatoms. The van der Waals surface area contributed by atoms with E-state index in [-0.39, 0.29) is 11.6 Å². The minimum absolute atomic E-state index is 0.0782. The first-order valence-electron chi connectivity index (χ1n) is 6.24. The smallest absolute Gasteiger partial charge is 0.0430 e. The molecule has 1 saturated heterocycles. The van der Waals surface area contributed by atoms with Gasteiger partial charge >= 0.3 is 0 Å². The SMILES string of the molecule is CC(N)c1ccc(Br)cc1N1CCCC1(C)C. The van der Waals surface area contributed by atoms with Gasteiger partial charge in [0.05, 0.1) is 0 Å². The molecule has 2 N–H and O–H groups in total. The molecule has 17 heavy (non-hydrogen) atoms. The van der Waals surface area contributed by atoms with Crippen molar-refractivity contribution in [3.63, 3.8) is 0 Å². The molecule has 0 aromatic heterocycles. The Hall–Kier alpha value is -0.540. The summed E-state index contributed by atoms with van der Waals surface area (Å²) in [6.07, 6.45) is 2.51. The van der Waals surface area contributed by atoms with Gasteiger partial charge in [0.1, 0.15) is 0 Å². The lowest BCUT2D eigenvalue weighted by Crippen LogP contribution is -2.39. The third kappa shape index (κ3) is 2.50. The molecule has 1 aromatic carbocycles. The fourth-order valence-corrected chi connectivity index (χ4v) is 3.04. The van der Waals surface area contributed by atoms with Crippen molar-refractivity contribution in [3.05, 3.63) is 28.2 Å². The van der Waals surface area contributed by atoms with Gasteiger partial charge in [-0.15, -0.1) is 0 Å². The Morgan fingerprint density at radius 3 is 2.65 bits per heavy atom. The first-order chi connectivity index (χ1) is 7.92. The largest absolute Gasteiger partial charge is 0.366 e. The molecule has 94 valence electrons. The monoisotopic (exact) mass is 296 g/mol. The average Bonchev–Trinajstić information content (AvgIpc) is 2.57. The lowest BCUT2D eigenvalue weighted by atomic mass is 9.99. The molecule has 0 radical (unpaired) electrons. The van der Waals surface area contributed by atoms with Gasteiger partial charge in [-0.05, 0) is 51.3 Å². The highest BCUT2D eigenvalue weighted by atomic mass is 79.9. The van der Waals surface area contributed by atoms with E-state index in [1.807, 2.05) is 0 Å². The highest BCUT2D eigenvalue weighted by Crippen LogP contribution is 2.38. The number of benzene rings is 1. The van der Waals surface area contributed by atoms with Crippen LogP contribution in [0.2, 0.25) is 0 Å². The second-order valence-corrected chi connectivity index (χ2v) is 6.48. The molecule has 1 atom stereocenters. The molecule has 1 aliphatic heterocycles. The van der Waals surface area contributed by atoms with Crippen LogP contribution in [0.1, 0.15) is 45.2 Å². The number of nitrogens with zero attached hydrogens (tertiary/aromatic N) is 1. The fourth-order valence-electron chi connectivity index (χ4n) is 2.69. The standard InChI is InChI=1S/C14H21BrN2/c1-10(16)12-6-5-11(15)9-13(12)17-8-4-7-14(17,2)3/h5-6,9-10H,4,7-8,16H2,1-3H3. The van der Waals surface area contributed by atoms with Crippen LogP contribution in [0.4, 0.5) is 5.69 Å². The van der Waals surface area contributed by atoms with Crippen molar-refractivity contribution in [2.24, 2.45) is 5.73 Å². The molecule has 1 unspecified atom stereocenters. The Labute approximate surface area is 112 Å². The molecule has 0 bridgehead atoms. The Morgan fingerprint density at radius 2 is 2.12 bits per heavy atom. The molecular weight excluding hydrogens is 276 g/mol. The number of halogens is 1. The molecule has 1 fully saturated rings. The summed E-state index contributed by atoms with van der Waals surface area (Å²) in [4.78, 5) is 2.50. The normalized spacial score (nSPS) is 20.6. The van der Waals surface area contributed by atoms with Gasteiger partial charge in [-0.2, -0.15) is 0 Å². The van der Waals surface area contributed by atoms with E-state index in [4.69, 9.17) is 5.73 Å². The number of anilines is 1. The van der Waals surface area contributed by atoms with E-state index in [0.29, 0.717) is 0 Å². The molecule has 0 spiro atoms. The van der Waals surface area contributed by atoms with Crippen molar-refractivity contribution in [1.82, 2.24) is 0 Å². The van der Waals surface area contributed by atoms with Crippen LogP contribution in [0, 0.1) is 0 Å². The zero-order valence-corrected chi connectivity index (χ0v) is 12.4. The Morgan fingerprint density at radius 1 is 1.41 bits per heavy atom. The summed E-state index contributed by atoms with van der Waals surface area (Å²) in [5.74, 6) is 0. The van der Waals surface area contributed by atoms with Gasteiger partial charge in [-0.3, -0.25) is 0 Å². The van der Waals surface area contributed by atoms with E-state index >= 15 is 0 Å². The van der Waals surface area contributed by atoms with E-state index in [2.05, 4.69) is 59.8 Å². The van der Waals surface area contributed by atoms with Gasteiger partial charge in [-0.25, -0.2) is 0 Å². The minimum atomic E-state index is 0.0782. The predicted molar refractivity (Wildman–Crippen MR) is 77.4 cm³/mol. The van der Waals surface area contributed by atoms with Crippen LogP contribution in [-0.4, -0.2) is 12.1 Å². The second-order valence-electron chi connectivity index (χ2n) is 5.56. The Balaban J connectivity index is 2.46. The molecule has 2 nitrogen and oxygen atoms in total. The molecule has 0 amide bonds. The van der Waals surface area contributed by atoms with E-state index in [1.165, 1.54) is 24.1 Å². The van der Waals surface area contributed by atoms with Gasteiger partial charge in [0.15, 0.2) is 0 Å². The molecule has 0 aliphatic carbocycles. The highest BCUT2D eigenvalue weighted by Gasteiger charge is 2.33. The van der Waals surface area contributed by atoms with Crippen molar-refractivity contribution in [1.29, 1.82) is 0 Å². The first kappa shape index (κ1) is 12.9. The highest BCUT2D eigenvalue weighted by molar-refractivity contribution is 9.10. The fraction of sp³-hybridized carbons (Fsp3) is 0.571. The summed E-state index contributed by atoms with van der Waals surface area (Å²) in [6, 6.07) is 6.49. The molecule has 1 aromatic rings. The summed E-state index contributed by atoms with van der Waals surface area (Å²) in [5, 5.41) is 0. The van der Waals surface area contributed by atoms with E-state index in [1.54, 1.807) is 0 Å². The number of nitrogens with two attached hydrogens (primary N) is 1. The zero-order chi connectivity index (χ0) is 12.6. The van der Waals surface area contributed by atoms with E-state index < -0.39 is 0 Å². The summed E-state index contributed by atoms with van der Waals surface area (Å²) >= 11 is 3.56. The van der Waals surface area contributed by atoms with Crippen molar-refractivity contribution in [2.45, 2.75) is 45.2 Å². The first-order valence-corrected chi connectivity index (χ1v) is 7.04. The van der Waals surface area contributed by atoms with Crippen LogP contribution in [0.25, 0.3) is 0 Å². The molecular formula is C14H21BrN2. The second kappa shape index (κ2) is 4.62. The van der Waals surface area contributed by atoms with Crippen LogP contribution in [0.3, 0.4) is 0 Å². The van der Waals surface area contributed by atoms with Gasteiger partial charge < -0.3 is 10.6 Å². The van der Waals surface area contributed by atoms with Gasteiger partial charge in [0, 0.05) is 28.3 Å². The van der Waals surface area contributed by atoms with Crippen molar-refractivity contribution in [3.8, 4) is 0 Å². The summed E-state index contributed by atoms with van der Waals surface area (Å²) < 4.78 is 1.12. The Bertz CT molecular complexity index is 413. The van der Waals surface area contributed by atoms with Gasteiger partial charge in [0.25, 0.3) is 0 Å². The Kier molecular flexibility index (Phi) is 3.50. The van der Waals surface area contributed by atoms with Gasteiger partial charge in [-0.1, -0.05) is 22.0 Å². The lowest BCUT2D eigenvalue weighted by molar-refractivity contribution is 0.516. The number of hydrogen-bond donors (Lipinski definition) is 1. The van der Waals surface area contributed by atoms with Crippen LogP contribution in [0.5, 0.6) is 0 Å². The molecule has 0 saturated carbocycles. The van der Waals surface area contributed by atoms with Crippen molar-refractivity contribution < 1.29 is 0 Å². The molecule has 2 rings (SSSR count). The van der Waals surface area contributed by atoms with E-state index in [0.717, 1.165) is 11.0 Å². The molecule has 1 aliphatic rings. The van der Waals surface area contributed by atoms with Gasteiger partial charge in [0.2, 0.25) is 0 Å². The molecule has 1 heterocycles. The number of hydrogen-bond acceptors (Lipinski definition) is 2. The van der Waals surface area contributed by atoms with Crippen molar-refractivity contribution in [2.75, 3.05) is 11.4 Å². The number of rotatable bonds is 2. The predicted octanol–water partition coefficient (Wildman–Crippen LogP) is 3.85. The van der Waals surface area contributed by atoms with Crippen LogP contribution in [-0.2, 0) is 0 Å². The summed E-state index contributed by atoms with van der Waals surface area (Å²) in [6.45, 7) is 7.80. The quantitative estimate of drug-likeness (QED) is 0.898. The third-order valence-corrected chi connectivity index (χ3v) is 4.17. The van der Waals surface area contributed by atoms with Crippen LogP contribution in [0.15, 0.2) is 22.7 Å². The summed E-state index contributed by atoms with van der Waals surface area (Å²) in [5.41, 5.74) is 8.85. The minimum Gasteiger partial charge on any atom is -0.366 e.